The standard InChI is InChI=1S/C19H14N2O2/c22-19-18-17(10-11-23-18)12-20-21(19)13-14-6-8-16(9-7-14)15-4-2-1-3-5-15/h1-12H,13H2. The first-order valence-corrected chi connectivity index (χ1v) is 7.39. The van der Waals surface area contributed by atoms with Crippen LogP contribution >= 0.6 is 0 Å². The third-order valence-corrected chi connectivity index (χ3v) is 3.85. The second kappa shape index (κ2) is 5.57. The number of benzene rings is 2. The Labute approximate surface area is 132 Å². The summed E-state index contributed by atoms with van der Waals surface area (Å²) < 4.78 is 6.65. The molecular weight excluding hydrogens is 288 g/mol. The first-order chi connectivity index (χ1) is 11.3. The Bertz CT molecular complexity index is 999. The molecule has 0 saturated heterocycles. The lowest BCUT2D eigenvalue weighted by Crippen LogP contribution is -2.22. The van der Waals surface area contributed by atoms with Crippen LogP contribution in [0.2, 0.25) is 0 Å². The van der Waals surface area contributed by atoms with E-state index >= 15 is 0 Å². The van der Waals surface area contributed by atoms with Gasteiger partial charge in [0, 0.05) is 5.39 Å². The SMILES string of the molecule is O=c1c2occc2cnn1Cc1ccc(-c2ccccc2)cc1. The average Bonchev–Trinajstić information content (AvgIpc) is 3.08. The maximum Gasteiger partial charge on any atom is 0.310 e. The summed E-state index contributed by atoms with van der Waals surface area (Å²) >= 11 is 0. The van der Waals surface area contributed by atoms with E-state index in [4.69, 9.17) is 4.42 Å². The molecule has 0 atom stereocenters. The average molecular weight is 302 g/mol. The van der Waals surface area contributed by atoms with Crippen LogP contribution in [-0.2, 0) is 6.54 Å². The molecule has 0 aliphatic carbocycles. The van der Waals surface area contributed by atoms with Crippen LogP contribution in [0.5, 0.6) is 0 Å². The molecule has 0 aliphatic rings. The molecule has 4 rings (SSSR count). The molecule has 0 radical (unpaired) electrons. The van der Waals surface area contributed by atoms with Crippen molar-refractivity contribution in [3.63, 3.8) is 0 Å². The van der Waals surface area contributed by atoms with Gasteiger partial charge in [-0.1, -0.05) is 54.6 Å². The number of hydrogen-bond donors (Lipinski definition) is 0. The monoisotopic (exact) mass is 302 g/mol. The number of rotatable bonds is 3. The summed E-state index contributed by atoms with van der Waals surface area (Å²) in [5, 5.41) is 4.93. The predicted molar refractivity (Wildman–Crippen MR) is 89.2 cm³/mol. The Balaban J connectivity index is 1.63. The van der Waals surface area contributed by atoms with Crippen molar-refractivity contribution in [2.24, 2.45) is 0 Å². The summed E-state index contributed by atoms with van der Waals surface area (Å²) in [5.41, 5.74) is 3.48. The highest BCUT2D eigenvalue weighted by Gasteiger charge is 2.07. The molecule has 0 amide bonds. The van der Waals surface area contributed by atoms with E-state index in [0.717, 1.165) is 16.5 Å². The van der Waals surface area contributed by atoms with E-state index in [0.29, 0.717) is 12.1 Å². The first kappa shape index (κ1) is 13.5. The van der Waals surface area contributed by atoms with Gasteiger partial charge >= 0.3 is 5.56 Å². The summed E-state index contributed by atoms with van der Waals surface area (Å²) in [6, 6.07) is 20.1. The predicted octanol–water partition coefficient (Wildman–Crippen LogP) is 3.70. The van der Waals surface area contributed by atoms with Gasteiger partial charge in [-0.15, -0.1) is 0 Å². The Morgan fingerprint density at radius 1 is 0.913 bits per heavy atom. The zero-order valence-electron chi connectivity index (χ0n) is 12.3. The Morgan fingerprint density at radius 2 is 1.65 bits per heavy atom. The highest BCUT2D eigenvalue weighted by atomic mass is 16.3. The van der Waals surface area contributed by atoms with Gasteiger partial charge in [0.1, 0.15) is 0 Å². The number of furan rings is 1. The van der Waals surface area contributed by atoms with Crippen LogP contribution in [0.4, 0.5) is 0 Å². The van der Waals surface area contributed by atoms with Gasteiger partial charge in [0.2, 0.25) is 5.58 Å². The molecule has 112 valence electrons. The fourth-order valence-electron chi connectivity index (χ4n) is 2.61. The minimum Gasteiger partial charge on any atom is -0.458 e. The molecule has 0 N–H and O–H groups in total. The van der Waals surface area contributed by atoms with Gasteiger partial charge in [-0.25, -0.2) is 4.68 Å². The van der Waals surface area contributed by atoms with Gasteiger partial charge in [0.25, 0.3) is 0 Å². The van der Waals surface area contributed by atoms with Crippen molar-refractivity contribution in [1.29, 1.82) is 0 Å². The lowest BCUT2D eigenvalue weighted by atomic mass is 10.0. The van der Waals surface area contributed by atoms with Crippen molar-refractivity contribution in [2.75, 3.05) is 0 Å². The van der Waals surface area contributed by atoms with E-state index in [-0.39, 0.29) is 5.56 Å². The Kier molecular flexibility index (Phi) is 3.27. The quantitative estimate of drug-likeness (QED) is 0.579. The summed E-state index contributed by atoms with van der Waals surface area (Å²) in [4.78, 5) is 12.3. The molecule has 2 aromatic carbocycles. The zero-order chi connectivity index (χ0) is 15.6. The number of aromatic nitrogens is 2. The molecular formula is C19H14N2O2. The molecule has 0 saturated carbocycles. The van der Waals surface area contributed by atoms with Gasteiger partial charge in [0.15, 0.2) is 0 Å². The molecule has 0 unspecified atom stereocenters. The van der Waals surface area contributed by atoms with Gasteiger partial charge in [-0.05, 0) is 22.8 Å². The first-order valence-electron chi connectivity index (χ1n) is 7.39. The molecule has 23 heavy (non-hydrogen) atoms. The molecule has 0 bridgehead atoms. The molecule has 2 heterocycles. The van der Waals surface area contributed by atoms with Crippen molar-refractivity contribution in [3.8, 4) is 11.1 Å². The normalized spacial score (nSPS) is 11.0. The van der Waals surface area contributed by atoms with E-state index in [1.165, 1.54) is 16.5 Å². The smallest absolute Gasteiger partial charge is 0.310 e. The van der Waals surface area contributed by atoms with Crippen molar-refractivity contribution >= 4 is 11.0 Å². The highest BCUT2D eigenvalue weighted by Crippen LogP contribution is 2.19. The van der Waals surface area contributed by atoms with E-state index < -0.39 is 0 Å². The molecule has 0 aliphatic heterocycles. The fourth-order valence-corrected chi connectivity index (χ4v) is 2.61. The second-order valence-corrected chi connectivity index (χ2v) is 5.38. The lowest BCUT2D eigenvalue weighted by molar-refractivity contribution is 0.583. The van der Waals surface area contributed by atoms with Crippen LogP contribution < -0.4 is 5.56 Å². The molecule has 4 heteroatoms. The molecule has 0 fully saturated rings. The molecule has 4 nitrogen and oxygen atoms in total. The van der Waals surface area contributed by atoms with Crippen LogP contribution in [0.3, 0.4) is 0 Å². The van der Waals surface area contributed by atoms with Crippen LogP contribution in [0.25, 0.3) is 22.1 Å². The topological polar surface area (TPSA) is 48.0 Å². The summed E-state index contributed by atoms with van der Waals surface area (Å²) in [5.74, 6) is 0. The van der Waals surface area contributed by atoms with Gasteiger partial charge < -0.3 is 4.42 Å². The van der Waals surface area contributed by atoms with Gasteiger partial charge in [-0.3, -0.25) is 4.79 Å². The third-order valence-electron chi connectivity index (χ3n) is 3.85. The van der Waals surface area contributed by atoms with Gasteiger partial charge in [0.05, 0.1) is 19.0 Å². The molecule has 4 aromatic rings. The van der Waals surface area contributed by atoms with Crippen molar-refractivity contribution < 1.29 is 4.42 Å². The lowest BCUT2D eigenvalue weighted by Gasteiger charge is -2.06. The van der Waals surface area contributed by atoms with Crippen LogP contribution in [0, 0.1) is 0 Å². The Hall–Kier alpha value is -3.14. The number of nitrogens with zero attached hydrogens (tertiary/aromatic N) is 2. The summed E-state index contributed by atoms with van der Waals surface area (Å²) in [7, 11) is 0. The number of fused-ring (bicyclic) bond motifs is 1. The van der Waals surface area contributed by atoms with Crippen LogP contribution in [0.1, 0.15) is 5.56 Å². The van der Waals surface area contributed by atoms with E-state index in [1.807, 2.05) is 30.3 Å². The second-order valence-electron chi connectivity index (χ2n) is 5.38. The fraction of sp³-hybridized carbons (Fsp3) is 0.0526. The van der Waals surface area contributed by atoms with Crippen molar-refractivity contribution in [2.45, 2.75) is 6.54 Å². The van der Waals surface area contributed by atoms with Crippen LogP contribution in [-0.4, -0.2) is 9.78 Å². The van der Waals surface area contributed by atoms with Crippen LogP contribution in [0.15, 0.2) is 82.3 Å². The Morgan fingerprint density at radius 3 is 2.43 bits per heavy atom. The third kappa shape index (κ3) is 2.55. The van der Waals surface area contributed by atoms with E-state index in [2.05, 4.69) is 29.4 Å². The minimum absolute atomic E-state index is 0.209. The summed E-state index contributed by atoms with van der Waals surface area (Å²) in [6.45, 7) is 0.421. The maximum atomic E-state index is 12.3. The van der Waals surface area contributed by atoms with Crippen molar-refractivity contribution in [3.05, 3.63) is 89.0 Å². The summed E-state index contributed by atoms with van der Waals surface area (Å²) in [6.07, 6.45) is 3.16. The van der Waals surface area contributed by atoms with Gasteiger partial charge in [-0.2, -0.15) is 5.10 Å². The highest BCUT2D eigenvalue weighted by molar-refractivity contribution is 5.74. The van der Waals surface area contributed by atoms with E-state index in [1.54, 1.807) is 12.3 Å². The largest absolute Gasteiger partial charge is 0.458 e. The number of hydrogen-bond acceptors (Lipinski definition) is 3. The van der Waals surface area contributed by atoms with E-state index in [9.17, 15) is 4.79 Å². The molecule has 0 spiro atoms. The van der Waals surface area contributed by atoms with Crippen molar-refractivity contribution in [1.82, 2.24) is 9.78 Å². The molecule has 2 aromatic heterocycles. The zero-order valence-corrected chi connectivity index (χ0v) is 12.3. The minimum atomic E-state index is -0.209. The maximum absolute atomic E-state index is 12.3.